The lowest BCUT2D eigenvalue weighted by atomic mass is 10.0. The number of rotatable bonds is 2. The van der Waals surface area contributed by atoms with Crippen molar-refractivity contribution in [2.24, 2.45) is 0 Å². The molecule has 2 aromatic rings. The van der Waals surface area contributed by atoms with Gasteiger partial charge in [0.25, 0.3) is 0 Å². The third-order valence-electron chi connectivity index (χ3n) is 2.15. The molecule has 0 atom stereocenters. The van der Waals surface area contributed by atoms with E-state index in [1.54, 1.807) is 36.4 Å². The maximum absolute atomic E-state index is 11.0. The van der Waals surface area contributed by atoms with Crippen molar-refractivity contribution in [2.45, 2.75) is 0 Å². The Hall–Kier alpha value is -1.87. The largest absolute Gasteiger partial charge is 0.476 e. The van der Waals surface area contributed by atoms with Gasteiger partial charge >= 0.3 is 5.97 Å². The highest BCUT2D eigenvalue weighted by Crippen LogP contribution is 2.24. The summed E-state index contributed by atoms with van der Waals surface area (Å²) in [5.41, 5.74) is 1.35. The lowest BCUT2D eigenvalue weighted by Crippen LogP contribution is -2.02. The minimum Gasteiger partial charge on any atom is -0.476 e. The monoisotopic (exact) mass is 233 g/mol. The fourth-order valence-electron chi connectivity index (χ4n) is 1.46. The van der Waals surface area contributed by atoms with Crippen molar-refractivity contribution in [3.63, 3.8) is 0 Å². The minimum atomic E-state index is -1.05. The van der Waals surface area contributed by atoms with Crippen molar-refractivity contribution in [3.05, 3.63) is 53.3 Å². The number of benzene rings is 1. The van der Waals surface area contributed by atoms with Crippen LogP contribution in [0.15, 0.2) is 42.6 Å². The van der Waals surface area contributed by atoms with E-state index in [9.17, 15) is 4.79 Å². The van der Waals surface area contributed by atoms with Crippen LogP contribution in [0.1, 0.15) is 10.5 Å². The quantitative estimate of drug-likeness (QED) is 0.867. The highest BCUT2D eigenvalue weighted by Gasteiger charge is 2.12. The number of halogens is 1. The lowest BCUT2D eigenvalue weighted by Gasteiger charge is -2.05. The number of carboxylic acids is 1. The fourth-order valence-corrected chi connectivity index (χ4v) is 1.65. The predicted octanol–water partition coefficient (Wildman–Crippen LogP) is 3.10. The van der Waals surface area contributed by atoms with Gasteiger partial charge in [0.2, 0.25) is 0 Å². The summed E-state index contributed by atoms with van der Waals surface area (Å²) in [6, 6.07) is 10.4. The SMILES string of the molecule is O=C(O)c1ncccc1-c1cccc(Cl)c1. The first kappa shape index (κ1) is 10.6. The zero-order valence-electron chi connectivity index (χ0n) is 8.22. The normalized spacial score (nSPS) is 10.1. The van der Waals surface area contributed by atoms with Gasteiger partial charge in [0.05, 0.1) is 0 Å². The Morgan fingerprint density at radius 2 is 2.06 bits per heavy atom. The molecule has 0 amide bonds. The van der Waals surface area contributed by atoms with Gasteiger partial charge in [-0.25, -0.2) is 9.78 Å². The van der Waals surface area contributed by atoms with Crippen LogP contribution in [0.25, 0.3) is 11.1 Å². The average Bonchev–Trinajstić information content (AvgIpc) is 2.29. The summed E-state index contributed by atoms with van der Waals surface area (Å²) < 4.78 is 0. The first-order valence-electron chi connectivity index (χ1n) is 4.63. The van der Waals surface area contributed by atoms with E-state index < -0.39 is 5.97 Å². The first-order chi connectivity index (χ1) is 7.68. The molecule has 0 aliphatic heterocycles. The van der Waals surface area contributed by atoms with Crippen LogP contribution in [0.2, 0.25) is 5.02 Å². The zero-order valence-corrected chi connectivity index (χ0v) is 8.98. The summed E-state index contributed by atoms with van der Waals surface area (Å²) in [4.78, 5) is 14.8. The van der Waals surface area contributed by atoms with E-state index in [1.807, 2.05) is 0 Å². The van der Waals surface area contributed by atoms with Gasteiger partial charge in [-0.15, -0.1) is 0 Å². The Labute approximate surface area is 97.3 Å². The van der Waals surface area contributed by atoms with Crippen molar-refractivity contribution in [3.8, 4) is 11.1 Å². The van der Waals surface area contributed by atoms with Crippen molar-refractivity contribution >= 4 is 17.6 Å². The second kappa shape index (κ2) is 4.33. The molecule has 16 heavy (non-hydrogen) atoms. The number of carboxylic acid groups (broad SMARTS) is 1. The van der Waals surface area contributed by atoms with Gasteiger partial charge in [-0.05, 0) is 23.8 Å². The van der Waals surface area contributed by atoms with Gasteiger partial charge in [0.15, 0.2) is 5.69 Å². The van der Waals surface area contributed by atoms with Crippen LogP contribution in [0.3, 0.4) is 0 Å². The summed E-state index contributed by atoms with van der Waals surface area (Å²) in [6.07, 6.45) is 1.46. The summed E-state index contributed by atoms with van der Waals surface area (Å²) in [5, 5.41) is 9.57. The van der Waals surface area contributed by atoms with E-state index in [0.717, 1.165) is 5.56 Å². The zero-order chi connectivity index (χ0) is 11.5. The van der Waals surface area contributed by atoms with Crippen molar-refractivity contribution in [2.75, 3.05) is 0 Å². The molecule has 1 aromatic heterocycles. The first-order valence-corrected chi connectivity index (χ1v) is 5.00. The number of nitrogens with zero attached hydrogens (tertiary/aromatic N) is 1. The molecule has 80 valence electrons. The van der Waals surface area contributed by atoms with Crippen LogP contribution < -0.4 is 0 Å². The van der Waals surface area contributed by atoms with Gasteiger partial charge in [0, 0.05) is 16.8 Å². The van der Waals surface area contributed by atoms with E-state index >= 15 is 0 Å². The molecule has 4 heteroatoms. The number of hydrogen-bond donors (Lipinski definition) is 1. The molecule has 1 aromatic carbocycles. The summed E-state index contributed by atoms with van der Waals surface area (Å²) in [5.74, 6) is -1.05. The third-order valence-corrected chi connectivity index (χ3v) is 2.38. The Morgan fingerprint density at radius 1 is 1.25 bits per heavy atom. The Morgan fingerprint density at radius 3 is 2.75 bits per heavy atom. The molecule has 2 rings (SSSR count). The van der Waals surface area contributed by atoms with Crippen LogP contribution in [-0.4, -0.2) is 16.1 Å². The smallest absolute Gasteiger partial charge is 0.355 e. The summed E-state index contributed by atoms with van der Waals surface area (Å²) in [7, 11) is 0. The molecule has 0 saturated carbocycles. The second-order valence-electron chi connectivity index (χ2n) is 3.22. The van der Waals surface area contributed by atoms with Crippen LogP contribution in [0, 0.1) is 0 Å². The number of hydrogen-bond acceptors (Lipinski definition) is 2. The molecule has 0 radical (unpaired) electrons. The summed E-state index contributed by atoms with van der Waals surface area (Å²) >= 11 is 5.86. The predicted molar refractivity (Wildman–Crippen MR) is 61.6 cm³/mol. The third kappa shape index (κ3) is 2.04. The van der Waals surface area contributed by atoms with Crippen molar-refractivity contribution in [1.82, 2.24) is 4.98 Å². The van der Waals surface area contributed by atoms with Crippen molar-refractivity contribution < 1.29 is 9.90 Å². The molecule has 3 nitrogen and oxygen atoms in total. The van der Waals surface area contributed by atoms with Gasteiger partial charge in [-0.2, -0.15) is 0 Å². The van der Waals surface area contributed by atoms with Gasteiger partial charge in [-0.3, -0.25) is 0 Å². The number of carbonyl (C=O) groups is 1. The Bertz CT molecular complexity index is 540. The maximum Gasteiger partial charge on any atom is 0.355 e. The molecule has 1 heterocycles. The van der Waals surface area contributed by atoms with Crippen molar-refractivity contribution in [1.29, 1.82) is 0 Å². The van der Waals surface area contributed by atoms with Crippen LogP contribution in [0.4, 0.5) is 0 Å². The Balaban J connectivity index is 2.60. The van der Waals surface area contributed by atoms with Gasteiger partial charge in [0.1, 0.15) is 0 Å². The lowest BCUT2D eigenvalue weighted by molar-refractivity contribution is 0.0691. The molecular weight excluding hydrogens is 226 g/mol. The molecule has 0 aliphatic rings. The second-order valence-corrected chi connectivity index (χ2v) is 3.65. The number of aromatic nitrogens is 1. The van der Waals surface area contributed by atoms with E-state index in [-0.39, 0.29) is 5.69 Å². The van der Waals surface area contributed by atoms with Crippen LogP contribution in [0.5, 0.6) is 0 Å². The molecule has 0 aliphatic carbocycles. The van der Waals surface area contributed by atoms with Gasteiger partial charge < -0.3 is 5.11 Å². The number of pyridine rings is 1. The highest BCUT2D eigenvalue weighted by molar-refractivity contribution is 6.30. The topological polar surface area (TPSA) is 50.2 Å². The Kier molecular flexibility index (Phi) is 2.88. The maximum atomic E-state index is 11.0. The molecule has 0 bridgehead atoms. The average molecular weight is 234 g/mol. The molecule has 0 saturated heterocycles. The van der Waals surface area contributed by atoms with Crippen LogP contribution in [-0.2, 0) is 0 Å². The number of aromatic carboxylic acids is 1. The minimum absolute atomic E-state index is 0.0322. The van der Waals surface area contributed by atoms with E-state index in [1.165, 1.54) is 6.20 Å². The molecule has 1 N–H and O–H groups in total. The molecular formula is C12H8ClNO2. The molecule has 0 unspecified atom stereocenters. The van der Waals surface area contributed by atoms with Crippen LogP contribution >= 0.6 is 11.6 Å². The molecule has 0 fully saturated rings. The standard InChI is InChI=1S/C12H8ClNO2/c13-9-4-1-3-8(7-9)10-5-2-6-14-11(10)12(15)16/h1-7H,(H,15,16). The summed E-state index contributed by atoms with van der Waals surface area (Å²) in [6.45, 7) is 0. The highest BCUT2D eigenvalue weighted by atomic mass is 35.5. The van der Waals surface area contributed by atoms with E-state index in [4.69, 9.17) is 16.7 Å². The van der Waals surface area contributed by atoms with E-state index in [0.29, 0.717) is 10.6 Å². The molecule has 0 spiro atoms. The fraction of sp³-hybridized carbons (Fsp3) is 0. The van der Waals surface area contributed by atoms with Gasteiger partial charge in [-0.1, -0.05) is 29.8 Å². The van der Waals surface area contributed by atoms with E-state index in [2.05, 4.69) is 4.98 Å².